The number of amides is 3. The fraction of sp³-hybridized carbons (Fsp3) is 0.438. The van der Waals surface area contributed by atoms with Gasteiger partial charge >= 0.3 is 6.09 Å². The molecule has 0 aliphatic heterocycles. The lowest BCUT2D eigenvalue weighted by molar-refractivity contribution is -0.121. The van der Waals surface area contributed by atoms with Crippen LogP contribution >= 0.6 is 0 Å². The molecule has 0 spiro atoms. The van der Waals surface area contributed by atoms with Gasteiger partial charge in [0.25, 0.3) is 5.91 Å². The second-order valence-corrected chi connectivity index (χ2v) is 6.09. The summed E-state index contributed by atoms with van der Waals surface area (Å²) >= 11 is 0. The molecule has 132 valence electrons. The number of hydroxylamine groups is 1. The van der Waals surface area contributed by atoms with Gasteiger partial charge in [-0.1, -0.05) is 12.1 Å². The van der Waals surface area contributed by atoms with E-state index in [0.717, 1.165) is 5.56 Å². The Morgan fingerprint density at radius 3 is 2.25 bits per heavy atom. The fourth-order valence-corrected chi connectivity index (χ4v) is 1.72. The van der Waals surface area contributed by atoms with Crippen molar-refractivity contribution in [3.05, 3.63) is 35.4 Å². The SMILES string of the molecule is CC(C)(C)OC(=O)NCCC(=O)NCc1ccc(C(=O)NO)cc1. The van der Waals surface area contributed by atoms with Crippen molar-refractivity contribution in [2.45, 2.75) is 39.3 Å². The highest BCUT2D eigenvalue weighted by molar-refractivity contribution is 5.93. The summed E-state index contributed by atoms with van der Waals surface area (Å²) in [6.45, 7) is 5.75. The van der Waals surface area contributed by atoms with Gasteiger partial charge in [-0.2, -0.15) is 0 Å². The Bertz CT molecular complexity index is 578. The zero-order valence-electron chi connectivity index (χ0n) is 14.0. The quantitative estimate of drug-likeness (QED) is 0.462. The summed E-state index contributed by atoms with van der Waals surface area (Å²) in [4.78, 5) is 34.3. The van der Waals surface area contributed by atoms with Gasteiger partial charge in [0.05, 0.1) is 0 Å². The van der Waals surface area contributed by atoms with Crippen LogP contribution in [0.4, 0.5) is 4.79 Å². The highest BCUT2D eigenvalue weighted by atomic mass is 16.6. The first-order valence-electron chi connectivity index (χ1n) is 7.48. The lowest BCUT2D eigenvalue weighted by Gasteiger charge is -2.19. The monoisotopic (exact) mass is 337 g/mol. The van der Waals surface area contributed by atoms with Crippen molar-refractivity contribution in [3.8, 4) is 0 Å². The molecule has 8 heteroatoms. The summed E-state index contributed by atoms with van der Waals surface area (Å²) in [5.41, 5.74) is 2.08. The molecule has 0 heterocycles. The molecule has 1 rings (SSSR count). The highest BCUT2D eigenvalue weighted by Crippen LogP contribution is 2.06. The normalized spacial score (nSPS) is 10.7. The van der Waals surface area contributed by atoms with Crippen LogP contribution in [0.15, 0.2) is 24.3 Å². The number of hydrogen-bond acceptors (Lipinski definition) is 5. The maximum absolute atomic E-state index is 11.7. The number of ether oxygens (including phenoxy) is 1. The smallest absolute Gasteiger partial charge is 0.407 e. The van der Waals surface area contributed by atoms with Crippen molar-refractivity contribution in [1.82, 2.24) is 16.1 Å². The van der Waals surface area contributed by atoms with E-state index in [9.17, 15) is 14.4 Å². The van der Waals surface area contributed by atoms with Crippen molar-refractivity contribution >= 4 is 17.9 Å². The Labute approximate surface area is 140 Å². The molecule has 0 atom stereocenters. The predicted molar refractivity (Wildman–Crippen MR) is 86.4 cm³/mol. The van der Waals surface area contributed by atoms with Crippen LogP contribution in [0.5, 0.6) is 0 Å². The summed E-state index contributed by atoms with van der Waals surface area (Å²) in [5.74, 6) is -0.818. The molecule has 8 nitrogen and oxygen atoms in total. The zero-order valence-corrected chi connectivity index (χ0v) is 14.0. The van der Waals surface area contributed by atoms with Gasteiger partial charge in [-0.05, 0) is 38.5 Å². The Morgan fingerprint density at radius 1 is 1.08 bits per heavy atom. The Kier molecular flexibility index (Phi) is 7.19. The number of nitrogens with one attached hydrogen (secondary N) is 3. The Hall–Kier alpha value is -2.61. The lowest BCUT2D eigenvalue weighted by Crippen LogP contribution is -2.35. The Balaban J connectivity index is 2.29. The molecule has 0 saturated heterocycles. The van der Waals surface area contributed by atoms with Crippen LogP contribution in [0.2, 0.25) is 0 Å². The van der Waals surface area contributed by atoms with E-state index in [0.29, 0.717) is 12.1 Å². The topological polar surface area (TPSA) is 117 Å². The molecule has 24 heavy (non-hydrogen) atoms. The van der Waals surface area contributed by atoms with Crippen LogP contribution in [0, 0.1) is 0 Å². The van der Waals surface area contributed by atoms with E-state index in [4.69, 9.17) is 9.94 Å². The summed E-state index contributed by atoms with van der Waals surface area (Å²) in [6, 6.07) is 6.42. The molecule has 4 N–H and O–H groups in total. The second kappa shape index (κ2) is 8.88. The van der Waals surface area contributed by atoms with Crippen LogP contribution < -0.4 is 16.1 Å². The molecule has 0 fully saturated rings. The van der Waals surface area contributed by atoms with Crippen molar-refractivity contribution in [1.29, 1.82) is 0 Å². The van der Waals surface area contributed by atoms with Crippen molar-refractivity contribution in [3.63, 3.8) is 0 Å². The molecule has 0 aliphatic rings. The van der Waals surface area contributed by atoms with Gasteiger partial charge in [-0.15, -0.1) is 0 Å². The molecule has 0 radical (unpaired) electrons. The average molecular weight is 337 g/mol. The van der Waals surface area contributed by atoms with Gasteiger partial charge in [-0.3, -0.25) is 14.8 Å². The van der Waals surface area contributed by atoms with Crippen LogP contribution in [-0.4, -0.2) is 35.3 Å². The van der Waals surface area contributed by atoms with E-state index in [2.05, 4.69) is 10.6 Å². The fourth-order valence-electron chi connectivity index (χ4n) is 1.72. The van der Waals surface area contributed by atoms with Crippen molar-refractivity contribution < 1.29 is 24.3 Å². The van der Waals surface area contributed by atoms with E-state index in [-0.39, 0.29) is 18.9 Å². The molecule has 1 aromatic rings. The molecule has 0 bridgehead atoms. The van der Waals surface area contributed by atoms with E-state index >= 15 is 0 Å². The maximum Gasteiger partial charge on any atom is 0.407 e. The van der Waals surface area contributed by atoms with Crippen LogP contribution in [0.25, 0.3) is 0 Å². The van der Waals surface area contributed by atoms with Gasteiger partial charge in [0.15, 0.2) is 0 Å². The van der Waals surface area contributed by atoms with Gasteiger partial charge in [0, 0.05) is 25.1 Å². The number of benzene rings is 1. The van der Waals surface area contributed by atoms with E-state index in [1.165, 1.54) is 12.1 Å². The number of hydrogen-bond donors (Lipinski definition) is 4. The van der Waals surface area contributed by atoms with Crippen LogP contribution in [0.1, 0.15) is 43.1 Å². The van der Waals surface area contributed by atoms with Crippen molar-refractivity contribution in [2.24, 2.45) is 0 Å². The lowest BCUT2D eigenvalue weighted by atomic mass is 10.1. The number of carbonyl (C=O) groups excluding carboxylic acids is 3. The second-order valence-electron chi connectivity index (χ2n) is 6.09. The minimum Gasteiger partial charge on any atom is -0.444 e. The van der Waals surface area contributed by atoms with E-state index < -0.39 is 17.6 Å². The first-order valence-corrected chi connectivity index (χ1v) is 7.48. The molecule has 0 unspecified atom stereocenters. The summed E-state index contributed by atoms with van der Waals surface area (Å²) in [5, 5.41) is 13.7. The van der Waals surface area contributed by atoms with E-state index in [1.54, 1.807) is 38.4 Å². The minimum absolute atomic E-state index is 0.129. The van der Waals surface area contributed by atoms with Gasteiger partial charge in [-0.25, -0.2) is 10.3 Å². The minimum atomic E-state index is -0.598. The summed E-state index contributed by atoms with van der Waals surface area (Å²) in [7, 11) is 0. The molecule has 3 amide bonds. The number of carbonyl (C=O) groups is 3. The number of rotatable bonds is 6. The average Bonchev–Trinajstić information content (AvgIpc) is 2.51. The summed E-state index contributed by atoms with van der Waals surface area (Å²) in [6.07, 6.45) is -0.433. The van der Waals surface area contributed by atoms with Gasteiger partial charge in [0.2, 0.25) is 5.91 Å². The summed E-state index contributed by atoms with van der Waals surface area (Å²) < 4.78 is 5.06. The number of alkyl carbamates (subject to hydrolysis) is 1. The van der Waals surface area contributed by atoms with Crippen LogP contribution in [0.3, 0.4) is 0 Å². The van der Waals surface area contributed by atoms with E-state index in [1.807, 2.05) is 0 Å². The third-order valence-electron chi connectivity index (χ3n) is 2.83. The molecule has 0 aliphatic carbocycles. The molecule has 0 aromatic heterocycles. The third kappa shape index (κ3) is 7.59. The third-order valence-corrected chi connectivity index (χ3v) is 2.83. The maximum atomic E-state index is 11.7. The highest BCUT2D eigenvalue weighted by Gasteiger charge is 2.15. The predicted octanol–water partition coefficient (Wildman–Crippen LogP) is 1.34. The van der Waals surface area contributed by atoms with Gasteiger partial charge < -0.3 is 15.4 Å². The van der Waals surface area contributed by atoms with Gasteiger partial charge in [0.1, 0.15) is 5.60 Å². The molecule has 0 saturated carbocycles. The first kappa shape index (κ1) is 19.4. The van der Waals surface area contributed by atoms with Crippen molar-refractivity contribution in [2.75, 3.05) is 6.54 Å². The Morgan fingerprint density at radius 2 is 1.71 bits per heavy atom. The molecular formula is C16H23N3O5. The molecular weight excluding hydrogens is 314 g/mol. The molecule has 1 aromatic carbocycles. The largest absolute Gasteiger partial charge is 0.444 e. The standard InChI is InChI=1S/C16H23N3O5/c1-16(2,3)24-15(22)17-9-8-13(20)18-10-11-4-6-12(7-5-11)14(21)19-23/h4-7,23H,8-10H2,1-3H3,(H,17,22)(H,18,20)(H,19,21). The zero-order chi connectivity index (χ0) is 18.2. The van der Waals surface area contributed by atoms with Crippen LogP contribution in [-0.2, 0) is 16.1 Å². The first-order chi connectivity index (χ1) is 11.2.